The van der Waals surface area contributed by atoms with Gasteiger partial charge < -0.3 is 11.1 Å². The number of anilines is 1. The van der Waals surface area contributed by atoms with Gasteiger partial charge in [-0.1, -0.05) is 13.0 Å². The van der Waals surface area contributed by atoms with E-state index in [1.807, 2.05) is 13.8 Å². The fourth-order valence-electron chi connectivity index (χ4n) is 1.26. The lowest BCUT2D eigenvalue weighted by Gasteiger charge is -2.28. The first-order valence-electron chi connectivity index (χ1n) is 5.33. The van der Waals surface area contributed by atoms with E-state index in [9.17, 15) is 13.2 Å². The Morgan fingerprint density at radius 1 is 1.35 bits per heavy atom. The SMILES string of the molecule is CCC(C)(CN)Nc1cccc(C(F)(F)F)n1. The van der Waals surface area contributed by atoms with Crippen LogP contribution in [0.5, 0.6) is 0 Å². The Morgan fingerprint density at radius 2 is 2.00 bits per heavy atom. The predicted molar refractivity (Wildman–Crippen MR) is 60.6 cm³/mol. The van der Waals surface area contributed by atoms with Gasteiger partial charge in [0.25, 0.3) is 0 Å². The molecule has 1 aromatic heterocycles. The van der Waals surface area contributed by atoms with Crippen LogP contribution in [0.1, 0.15) is 26.0 Å². The number of hydrogen-bond acceptors (Lipinski definition) is 3. The number of alkyl halides is 3. The summed E-state index contributed by atoms with van der Waals surface area (Å²) in [7, 11) is 0. The second-order valence-electron chi connectivity index (χ2n) is 4.15. The molecule has 0 saturated heterocycles. The van der Waals surface area contributed by atoms with E-state index in [4.69, 9.17) is 5.73 Å². The molecule has 1 rings (SSSR count). The van der Waals surface area contributed by atoms with Crippen molar-refractivity contribution >= 4 is 5.82 Å². The molecule has 96 valence electrons. The van der Waals surface area contributed by atoms with E-state index < -0.39 is 17.4 Å². The molecule has 6 heteroatoms. The van der Waals surface area contributed by atoms with E-state index in [0.717, 1.165) is 6.07 Å². The fraction of sp³-hybridized carbons (Fsp3) is 0.545. The molecule has 0 aliphatic heterocycles. The number of pyridine rings is 1. The normalized spacial score (nSPS) is 15.4. The molecule has 3 nitrogen and oxygen atoms in total. The maximum Gasteiger partial charge on any atom is 0.433 e. The minimum atomic E-state index is -4.43. The van der Waals surface area contributed by atoms with Crippen LogP contribution in [-0.4, -0.2) is 17.1 Å². The average molecular weight is 247 g/mol. The van der Waals surface area contributed by atoms with Gasteiger partial charge in [0, 0.05) is 12.1 Å². The standard InChI is InChI=1S/C11H16F3N3/c1-3-10(2,7-15)17-9-6-4-5-8(16-9)11(12,13)14/h4-6H,3,7,15H2,1-2H3,(H,16,17). The highest BCUT2D eigenvalue weighted by molar-refractivity contribution is 5.39. The summed E-state index contributed by atoms with van der Waals surface area (Å²) >= 11 is 0. The van der Waals surface area contributed by atoms with Crippen LogP contribution in [0.25, 0.3) is 0 Å². The van der Waals surface area contributed by atoms with Gasteiger partial charge in [0.15, 0.2) is 0 Å². The summed E-state index contributed by atoms with van der Waals surface area (Å²) in [5, 5.41) is 2.93. The van der Waals surface area contributed by atoms with Crippen LogP contribution in [0.2, 0.25) is 0 Å². The Balaban J connectivity index is 2.93. The van der Waals surface area contributed by atoms with Crippen LogP contribution in [0.3, 0.4) is 0 Å². The van der Waals surface area contributed by atoms with E-state index in [0.29, 0.717) is 13.0 Å². The highest BCUT2D eigenvalue weighted by Crippen LogP contribution is 2.28. The molecule has 1 aromatic rings. The Kier molecular flexibility index (Phi) is 3.98. The van der Waals surface area contributed by atoms with Gasteiger partial charge in [-0.2, -0.15) is 13.2 Å². The van der Waals surface area contributed by atoms with Gasteiger partial charge in [0.05, 0.1) is 0 Å². The van der Waals surface area contributed by atoms with E-state index in [-0.39, 0.29) is 5.82 Å². The maximum atomic E-state index is 12.4. The van der Waals surface area contributed by atoms with Crippen molar-refractivity contribution in [2.45, 2.75) is 32.0 Å². The van der Waals surface area contributed by atoms with Crippen LogP contribution in [-0.2, 0) is 6.18 Å². The maximum absolute atomic E-state index is 12.4. The molecule has 0 amide bonds. The zero-order chi connectivity index (χ0) is 13.1. The molecule has 0 saturated carbocycles. The predicted octanol–water partition coefficient (Wildman–Crippen LogP) is 2.64. The van der Waals surface area contributed by atoms with Crippen LogP contribution < -0.4 is 11.1 Å². The second-order valence-corrected chi connectivity index (χ2v) is 4.15. The molecule has 0 radical (unpaired) electrons. The van der Waals surface area contributed by atoms with Crippen molar-refractivity contribution in [2.24, 2.45) is 5.73 Å². The van der Waals surface area contributed by atoms with Crippen molar-refractivity contribution in [3.8, 4) is 0 Å². The van der Waals surface area contributed by atoms with Crippen molar-refractivity contribution in [2.75, 3.05) is 11.9 Å². The first kappa shape index (κ1) is 13.8. The summed E-state index contributed by atoms with van der Waals surface area (Å²) in [6.45, 7) is 4.07. The summed E-state index contributed by atoms with van der Waals surface area (Å²) in [6, 6.07) is 3.76. The number of nitrogens with zero attached hydrogens (tertiary/aromatic N) is 1. The van der Waals surface area contributed by atoms with Crippen molar-refractivity contribution in [1.29, 1.82) is 0 Å². The zero-order valence-electron chi connectivity index (χ0n) is 9.80. The molecule has 0 aliphatic rings. The summed E-state index contributed by atoms with van der Waals surface area (Å²) < 4.78 is 37.3. The molecule has 0 spiro atoms. The van der Waals surface area contributed by atoms with Crippen molar-refractivity contribution in [3.05, 3.63) is 23.9 Å². The summed E-state index contributed by atoms with van der Waals surface area (Å²) in [5.74, 6) is 0.189. The Hall–Kier alpha value is -1.30. The molecule has 0 aromatic carbocycles. The van der Waals surface area contributed by atoms with Gasteiger partial charge in [0.2, 0.25) is 0 Å². The van der Waals surface area contributed by atoms with E-state index in [2.05, 4.69) is 10.3 Å². The highest BCUT2D eigenvalue weighted by atomic mass is 19.4. The van der Waals surface area contributed by atoms with Gasteiger partial charge >= 0.3 is 6.18 Å². The third kappa shape index (κ3) is 3.59. The lowest BCUT2D eigenvalue weighted by Crippen LogP contribution is -2.42. The van der Waals surface area contributed by atoms with E-state index >= 15 is 0 Å². The van der Waals surface area contributed by atoms with Crippen LogP contribution >= 0.6 is 0 Å². The molecule has 0 bridgehead atoms. The van der Waals surface area contributed by atoms with E-state index in [1.54, 1.807) is 0 Å². The first-order chi connectivity index (χ1) is 7.80. The third-order valence-electron chi connectivity index (χ3n) is 2.70. The molecule has 3 N–H and O–H groups in total. The van der Waals surface area contributed by atoms with Crippen molar-refractivity contribution < 1.29 is 13.2 Å². The second kappa shape index (κ2) is 4.91. The van der Waals surface area contributed by atoms with Gasteiger partial charge in [-0.15, -0.1) is 0 Å². The van der Waals surface area contributed by atoms with Gasteiger partial charge in [-0.05, 0) is 25.5 Å². The lowest BCUT2D eigenvalue weighted by atomic mass is 9.99. The Bertz CT molecular complexity index is 372. The number of halogens is 3. The molecule has 0 aliphatic carbocycles. The number of aromatic nitrogens is 1. The quantitative estimate of drug-likeness (QED) is 0.860. The van der Waals surface area contributed by atoms with Crippen LogP contribution in [0, 0.1) is 0 Å². The Labute approximate surface area is 98.2 Å². The third-order valence-corrected chi connectivity index (χ3v) is 2.70. The lowest BCUT2D eigenvalue weighted by molar-refractivity contribution is -0.141. The molecule has 17 heavy (non-hydrogen) atoms. The number of rotatable bonds is 4. The molecule has 1 atom stereocenters. The Morgan fingerprint density at radius 3 is 2.47 bits per heavy atom. The van der Waals surface area contributed by atoms with Crippen molar-refractivity contribution in [1.82, 2.24) is 4.98 Å². The van der Waals surface area contributed by atoms with Gasteiger partial charge in [-0.25, -0.2) is 4.98 Å². The topological polar surface area (TPSA) is 50.9 Å². The monoisotopic (exact) mass is 247 g/mol. The summed E-state index contributed by atoms with van der Waals surface area (Å²) in [6.07, 6.45) is -3.73. The largest absolute Gasteiger partial charge is 0.433 e. The number of hydrogen-bond donors (Lipinski definition) is 2. The highest BCUT2D eigenvalue weighted by Gasteiger charge is 2.32. The van der Waals surface area contributed by atoms with E-state index in [1.165, 1.54) is 12.1 Å². The molecular weight excluding hydrogens is 231 g/mol. The van der Waals surface area contributed by atoms with Gasteiger partial charge in [0.1, 0.15) is 11.5 Å². The molecule has 0 fully saturated rings. The van der Waals surface area contributed by atoms with Crippen LogP contribution in [0.4, 0.5) is 19.0 Å². The zero-order valence-corrected chi connectivity index (χ0v) is 9.80. The number of nitrogens with one attached hydrogen (secondary N) is 1. The summed E-state index contributed by atoms with van der Waals surface area (Å²) in [5.41, 5.74) is 4.22. The molecule has 1 heterocycles. The fourth-order valence-corrected chi connectivity index (χ4v) is 1.26. The van der Waals surface area contributed by atoms with Gasteiger partial charge in [-0.3, -0.25) is 0 Å². The van der Waals surface area contributed by atoms with Crippen LogP contribution in [0.15, 0.2) is 18.2 Å². The molecule has 1 unspecified atom stereocenters. The average Bonchev–Trinajstić information content (AvgIpc) is 2.28. The summed E-state index contributed by atoms with van der Waals surface area (Å²) in [4.78, 5) is 3.53. The van der Waals surface area contributed by atoms with Crippen molar-refractivity contribution in [3.63, 3.8) is 0 Å². The minimum Gasteiger partial charge on any atom is -0.364 e. The smallest absolute Gasteiger partial charge is 0.364 e. The first-order valence-corrected chi connectivity index (χ1v) is 5.33. The molecular formula is C11H16F3N3. The minimum absolute atomic E-state index is 0.189. The number of nitrogens with two attached hydrogens (primary N) is 1.